The van der Waals surface area contributed by atoms with Gasteiger partial charge in [-0.15, -0.1) is 11.3 Å². The molecule has 4 heteroatoms. The Bertz CT molecular complexity index is 462. The molecular formula is C11H11ClN2S. The fraction of sp³-hybridized carbons (Fsp3) is 0.182. The van der Waals surface area contributed by atoms with Crippen LogP contribution in [0, 0.1) is 6.92 Å². The summed E-state index contributed by atoms with van der Waals surface area (Å²) >= 11 is 7.47. The second kappa shape index (κ2) is 4.31. The van der Waals surface area contributed by atoms with Crippen LogP contribution >= 0.6 is 22.9 Å². The number of hydrogen-bond donors (Lipinski definition) is 1. The lowest BCUT2D eigenvalue weighted by molar-refractivity contribution is 1.01. The molecule has 1 aromatic heterocycles. The Morgan fingerprint density at radius 1 is 1.33 bits per heavy atom. The molecular weight excluding hydrogens is 228 g/mol. The third kappa shape index (κ3) is 2.20. The number of aromatic nitrogens is 1. The average Bonchev–Trinajstić information content (AvgIpc) is 2.61. The Morgan fingerprint density at radius 2 is 2.00 bits per heavy atom. The zero-order chi connectivity index (χ0) is 10.8. The summed E-state index contributed by atoms with van der Waals surface area (Å²) in [5.41, 5.74) is 8.63. The quantitative estimate of drug-likeness (QED) is 0.873. The van der Waals surface area contributed by atoms with Gasteiger partial charge in [0, 0.05) is 12.1 Å². The van der Waals surface area contributed by atoms with E-state index in [-0.39, 0.29) is 0 Å². The summed E-state index contributed by atoms with van der Waals surface area (Å²) in [5, 5.41) is 0.931. The highest BCUT2D eigenvalue weighted by atomic mass is 35.5. The van der Waals surface area contributed by atoms with Gasteiger partial charge in [0.15, 0.2) is 0 Å². The normalized spacial score (nSPS) is 10.6. The molecule has 0 aliphatic carbocycles. The molecule has 0 radical (unpaired) electrons. The highest BCUT2D eigenvalue weighted by Crippen LogP contribution is 2.31. The lowest BCUT2D eigenvalue weighted by Crippen LogP contribution is -1.96. The van der Waals surface area contributed by atoms with Crippen molar-refractivity contribution in [2.45, 2.75) is 13.5 Å². The van der Waals surface area contributed by atoms with Gasteiger partial charge in [-0.05, 0) is 6.92 Å². The van der Waals surface area contributed by atoms with Crippen molar-refractivity contribution in [2.24, 2.45) is 5.73 Å². The molecule has 0 saturated carbocycles. The van der Waals surface area contributed by atoms with Crippen molar-refractivity contribution in [3.63, 3.8) is 0 Å². The van der Waals surface area contributed by atoms with Gasteiger partial charge < -0.3 is 5.73 Å². The van der Waals surface area contributed by atoms with Crippen LogP contribution in [0.1, 0.15) is 11.3 Å². The summed E-state index contributed by atoms with van der Waals surface area (Å²) < 4.78 is 0.688. The minimum atomic E-state index is 0.390. The lowest BCUT2D eigenvalue weighted by atomic mass is 10.2. The number of nitrogens with zero attached hydrogens (tertiary/aromatic N) is 1. The maximum atomic E-state index is 6.00. The van der Waals surface area contributed by atoms with Gasteiger partial charge in [-0.1, -0.05) is 41.4 Å². The smallest absolute Gasteiger partial charge is 0.125 e. The molecule has 2 nitrogen and oxygen atoms in total. The van der Waals surface area contributed by atoms with Crippen molar-refractivity contribution >= 4 is 22.9 Å². The topological polar surface area (TPSA) is 38.9 Å². The van der Waals surface area contributed by atoms with Crippen LogP contribution in [0.2, 0.25) is 4.34 Å². The molecule has 0 spiro atoms. The molecule has 0 amide bonds. The van der Waals surface area contributed by atoms with Crippen LogP contribution in [0.3, 0.4) is 0 Å². The fourth-order valence-corrected chi connectivity index (χ4v) is 2.44. The van der Waals surface area contributed by atoms with Crippen LogP contribution in [-0.4, -0.2) is 4.98 Å². The van der Waals surface area contributed by atoms with Crippen LogP contribution in [-0.2, 0) is 6.54 Å². The maximum Gasteiger partial charge on any atom is 0.125 e. The Balaban J connectivity index is 2.41. The van der Waals surface area contributed by atoms with E-state index >= 15 is 0 Å². The first kappa shape index (κ1) is 10.6. The third-order valence-electron chi connectivity index (χ3n) is 2.14. The standard InChI is InChI=1S/C11H11ClN2S/c1-7-2-4-8(5-3-7)11-14-9(6-13)10(12)15-11/h2-5H,6,13H2,1H3. The highest BCUT2D eigenvalue weighted by Gasteiger charge is 2.08. The summed E-state index contributed by atoms with van der Waals surface area (Å²) in [7, 11) is 0. The van der Waals surface area contributed by atoms with Crippen molar-refractivity contribution in [1.29, 1.82) is 0 Å². The second-order valence-corrected chi connectivity index (χ2v) is 4.91. The van der Waals surface area contributed by atoms with Crippen LogP contribution in [0.15, 0.2) is 24.3 Å². The molecule has 0 unspecified atom stereocenters. The van der Waals surface area contributed by atoms with Gasteiger partial charge in [-0.2, -0.15) is 0 Å². The van der Waals surface area contributed by atoms with E-state index in [1.165, 1.54) is 16.9 Å². The summed E-state index contributed by atoms with van der Waals surface area (Å²) in [5.74, 6) is 0. The minimum Gasteiger partial charge on any atom is -0.325 e. The van der Waals surface area contributed by atoms with Crippen LogP contribution in [0.5, 0.6) is 0 Å². The van der Waals surface area contributed by atoms with E-state index in [2.05, 4.69) is 24.0 Å². The van der Waals surface area contributed by atoms with Crippen molar-refractivity contribution < 1.29 is 0 Å². The second-order valence-electron chi connectivity index (χ2n) is 3.31. The molecule has 1 aromatic carbocycles. The molecule has 15 heavy (non-hydrogen) atoms. The molecule has 0 bridgehead atoms. The first-order chi connectivity index (χ1) is 7.20. The van der Waals surface area contributed by atoms with Gasteiger partial charge in [0.2, 0.25) is 0 Å². The molecule has 1 heterocycles. The summed E-state index contributed by atoms with van der Waals surface area (Å²) in [4.78, 5) is 4.39. The molecule has 0 aliphatic rings. The van der Waals surface area contributed by atoms with Gasteiger partial charge in [-0.3, -0.25) is 0 Å². The van der Waals surface area contributed by atoms with Crippen LogP contribution in [0.25, 0.3) is 10.6 Å². The zero-order valence-corrected chi connectivity index (χ0v) is 9.90. The molecule has 78 valence electrons. The average molecular weight is 239 g/mol. The van der Waals surface area contributed by atoms with Gasteiger partial charge in [-0.25, -0.2) is 4.98 Å². The molecule has 2 rings (SSSR count). The van der Waals surface area contributed by atoms with Crippen molar-refractivity contribution in [3.05, 3.63) is 39.9 Å². The first-order valence-electron chi connectivity index (χ1n) is 4.63. The van der Waals surface area contributed by atoms with Gasteiger partial charge in [0.25, 0.3) is 0 Å². The SMILES string of the molecule is Cc1ccc(-c2nc(CN)c(Cl)s2)cc1. The Kier molecular flexibility index (Phi) is 3.05. The predicted molar refractivity (Wildman–Crippen MR) is 65.2 cm³/mol. The summed E-state index contributed by atoms with van der Waals surface area (Å²) in [6, 6.07) is 8.22. The summed E-state index contributed by atoms with van der Waals surface area (Å²) in [6.45, 7) is 2.45. The van der Waals surface area contributed by atoms with Crippen LogP contribution in [0.4, 0.5) is 0 Å². The number of nitrogens with two attached hydrogens (primary N) is 1. The van der Waals surface area contributed by atoms with E-state index in [1.54, 1.807) is 0 Å². The van der Waals surface area contributed by atoms with E-state index in [4.69, 9.17) is 17.3 Å². The monoisotopic (exact) mass is 238 g/mol. The van der Waals surface area contributed by atoms with E-state index in [0.29, 0.717) is 10.9 Å². The van der Waals surface area contributed by atoms with Crippen molar-refractivity contribution in [1.82, 2.24) is 4.98 Å². The minimum absolute atomic E-state index is 0.390. The van der Waals surface area contributed by atoms with E-state index < -0.39 is 0 Å². The van der Waals surface area contributed by atoms with Gasteiger partial charge in [0.1, 0.15) is 9.34 Å². The van der Waals surface area contributed by atoms with E-state index in [9.17, 15) is 0 Å². The van der Waals surface area contributed by atoms with Gasteiger partial charge in [0.05, 0.1) is 5.69 Å². The zero-order valence-electron chi connectivity index (χ0n) is 8.33. The maximum absolute atomic E-state index is 6.00. The number of thiazole rings is 1. The van der Waals surface area contributed by atoms with Gasteiger partial charge >= 0.3 is 0 Å². The molecule has 0 aliphatic heterocycles. The third-order valence-corrected chi connectivity index (χ3v) is 3.53. The first-order valence-corrected chi connectivity index (χ1v) is 5.82. The number of benzene rings is 1. The van der Waals surface area contributed by atoms with Crippen molar-refractivity contribution in [3.8, 4) is 10.6 Å². The number of rotatable bonds is 2. The molecule has 2 aromatic rings. The Morgan fingerprint density at radius 3 is 2.53 bits per heavy atom. The Labute approximate surface area is 97.7 Å². The Hall–Kier alpha value is -0.900. The number of aryl methyl sites for hydroxylation is 1. The lowest BCUT2D eigenvalue weighted by Gasteiger charge is -1.96. The van der Waals surface area contributed by atoms with E-state index in [1.807, 2.05) is 12.1 Å². The summed E-state index contributed by atoms with van der Waals surface area (Å²) in [6.07, 6.45) is 0. The number of hydrogen-bond acceptors (Lipinski definition) is 3. The van der Waals surface area contributed by atoms with E-state index in [0.717, 1.165) is 16.3 Å². The largest absolute Gasteiger partial charge is 0.325 e. The van der Waals surface area contributed by atoms with Crippen molar-refractivity contribution in [2.75, 3.05) is 0 Å². The number of halogens is 1. The van der Waals surface area contributed by atoms with Crippen LogP contribution < -0.4 is 5.73 Å². The highest BCUT2D eigenvalue weighted by molar-refractivity contribution is 7.19. The fourth-order valence-electron chi connectivity index (χ4n) is 1.28. The molecule has 0 saturated heterocycles. The molecule has 0 atom stereocenters. The predicted octanol–water partition coefficient (Wildman–Crippen LogP) is 3.23. The molecule has 0 fully saturated rings. The molecule has 2 N–H and O–H groups in total.